The number of benzene rings is 1. The summed E-state index contributed by atoms with van der Waals surface area (Å²) in [6, 6.07) is 1.65. The van der Waals surface area contributed by atoms with Crippen molar-refractivity contribution in [3.05, 3.63) is 47.8 Å². The van der Waals surface area contributed by atoms with Crippen LogP contribution in [0.25, 0.3) is 0 Å². The van der Waals surface area contributed by atoms with Crippen molar-refractivity contribution in [3.63, 3.8) is 0 Å². The Kier molecular flexibility index (Phi) is 11.6. The first kappa shape index (κ1) is 41.4. The van der Waals surface area contributed by atoms with Gasteiger partial charge in [0.15, 0.2) is 6.10 Å². The molecule has 310 valence electrons. The summed E-state index contributed by atoms with van der Waals surface area (Å²) in [6.45, 7) is 7.97. The van der Waals surface area contributed by atoms with Gasteiger partial charge in [-0.05, 0) is 58.1 Å². The highest BCUT2D eigenvalue weighted by Gasteiger charge is 2.62. The number of rotatable bonds is 13. The Bertz CT molecular complexity index is 1970. The zero-order valence-electron chi connectivity index (χ0n) is 31.8. The summed E-state index contributed by atoms with van der Waals surface area (Å²) in [5.41, 5.74) is -1.75. The fourth-order valence-corrected chi connectivity index (χ4v) is 8.56. The van der Waals surface area contributed by atoms with Crippen LogP contribution in [-0.4, -0.2) is 114 Å². The van der Waals surface area contributed by atoms with E-state index in [-0.39, 0.29) is 58.3 Å². The molecule has 3 heterocycles. The predicted octanol–water partition coefficient (Wildman–Crippen LogP) is 1.02. The largest absolute Gasteiger partial charge is 0.452 e. The van der Waals surface area contributed by atoms with Gasteiger partial charge in [0.1, 0.15) is 35.1 Å². The van der Waals surface area contributed by atoms with Crippen molar-refractivity contribution in [2.24, 2.45) is 5.92 Å². The van der Waals surface area contributed by atoms with Gasteiger partial charge in [0.05, 0.1) is 18.3 Å². The normalized spacial score (nSPS) is 25.7. The average molecular weight is 819 g/mol. The Balaban J connectivity index is 1.22. The molecule has 4 N–H and O–H groups in total. The lowest BCUT2D eigenvalue weighted by molar-refractivity contribution is -0.148. The minimum absolute atomic E-state index is 0.0260. The van der Waals surface area contributed by atoms with Gasteiger partial charge >= 0.3 is 18.2 Å². The van der Waals surface area contributed by atoms with Crippen LogP contribution in [0.1, 0.15) is 76.8 Å². The first-order valence-electron chi connectivity index (χ1n) is 18.8. The van der Waals surface area contributed by atoms with E-state index in [0.29, 0.717) is 24.0 Å². The second-order valence-corrected chi connectivity index (χ2v) is 17.9. The molecule has 57 heavy (non-hydrogen) atoms. The molecule has 18 nitrogen and oxygen atoms in total. The maximum atomic E-state index is 14.5. The molecule has 2 saturated heterocycles. The van der Waals surface area contributed by atoms with Gasteiger partial charge < -0.3 is 35.1 Å². The summed E-state index contributed by atoms with van der Waals surface area (Å²) >= 11 is 0. The zero-order valence-corrected chi connectivity index (χ0v) is 32.7. The molecule has 20 heteroatoms. The molecular weight excluding hydrogens is 772 g/mol. The van der Waals surface area contributed by atoms with Crippen molar-refractivity contribution in [2.75, 3.05) is 13.1 Å². The lowest BCUT2D eigenvalue weighted by Gasteiger charge is -2.30. The first-order chi connectivity index (χ1) is 26.8. The number of alkyl carbamates (subject to hydrolysis) is 1. The number of halogens is 1. The van der Waals surface area contributed by atoms with Gasteiger partial charge in [0, 0.05) is 43.8 Å². The van der Waals surface area contributed by atoms with E-state index in [2.05, 4.69) is 27.3 Å². The van der Waals surface area contributed by atoms with Crippen molar-refractivity contribution in [3.8, 4) is 0 Å². The molecule has 0 radical (unpaired) electrons. The van der Waals surface area contributed by atoms with E-state index in [1.807, 2.05) is 0 Å². The number of hydrogen-bond acceptors (Lipinski definition) is 12. The molecule has 0 aromatic heterocycles. The topological polar surface area (TPSA) is 236 Å². The first-order valence-corrected chi connectivity index (χ1v) is 20.3. The highest BCUT2D eigenvalue weighted by atomic mass is 32.2. The fourth-order valence-electron chi connectivity index (χ4n) is 7.19. The van der Waals surface area contributed by atoms with Gasteiger partial charge in [-0.25, -0.2) is 22.4 Å². The second kappa shape index (κ2) is 15.9. The summed E-state index contributed by atoms with van der Waals surface area (Å²) in [5, 5.41) is 7.00. The third kappa shape index (κ3) is 9.48. The summed E-state index contributed by atoms with van der Waals surface area (Å²) in [4.78, 5) is 95.0. The molecule has 4 fully saturated rings. The number of amides is 6. The van der Waals surface area contributed by atoms with Crippen LogP contribution in [0.5, 0.6) is 0 Å². The SMILES string of the molecule is C=CC1C[C@]1(NC(=O)[C@@H]1CC(OC(=O)N2Cc3cccc(F)c3C2)CN1C(=O)[C@H](CCNC(=O)[C@@H]1CCC(=O)O1)NC(=O)OC(C)(C)C)C(=O)NS(=O)(=O)C1CC1. The van der Waals surface area contributed by atoms with Gasteiger partial charge in [-0.3, -0.25) is 33.6 Å². The van der Waals surface area contributed by atoms with E-state index in [0.717, 1.165) is 4.90 Å². The summed E-state index contributed by atoms with van der Waals surface area (Å²) in [5.74, 6) is -4.92. The van der Waals surface area contributed by atoms with Crippen LogP contribution in [0.4, 0.5) is 14.0 Å². The van der Waals surface area contributed by atoms with E-state index in [4.69, 9.17) is 14.2 Å². The molecule has 0 bridgehead atoms. The van der Waals surface area contributed by atoms with Crippen LogP contribution in [0, 0.1) is 11.7 Å². The lowest BCUT2D eigenvalue weighted by Crippen LogP contribution is -2.58. The minimum Gasteiger partial charge on any atom is -0.452 e. The minimum atomic E-state index is -3.99. The average Bonchev–Trinajstić information content (AvgIpc) is 3.95. The van der Waals surface area contributed by atoms with Crippen LogP contribution in [0.3, 0.4) is 0 Å². The third-order valence-corrected chi connectivity index (χ3v) is 12.3. The number of carbonyl (C=O) groups excluding carboxylic acids is 7. The number of ether oxygens (including phenoxy) is 3. The molecule has 3 aliphatic heterocycles. The van der Waals surface area contributed by atoms with E-state index in [9.17, 15) is 46.4 Å². The van der Waals surface area contributed by atoms with Crippen molar-refractivity contribution in [1.29, 1.82) is 0 Å². The van der Waals surface area contributed by atoms with E-state index in [1.165, 1.54) is 23.1 Å². The lowest BCUT2D eigenvalue weighted by atomic mass is 10.1. The van der Waals surface area contributed by atoms with Gasteiger partial charge in [0.25, 0.3) is 11.8 Å². The van der Waals surface area contributed by atoms with Gasteiger partial charge in [-0.1, -0.05) is 18.2 Å². The number of nitrogens with zero attached hydrogens (tertiary/aromatic N) is 2. The van der Waals surface area contributed by atoms with E-state index < -0.39 is 104 Å². The Labute approximate surface area is 328 Å². The number of esters is 1. The van der Waals surface area contributed by atoms with Crippen molar-refractivity contribution < 1.29 is 60.6 Å². The molecule has 0 spiro atoms. The quantitative estimate of drug-likeness (QED) is 0.124. The van der Waals surface area contributed by atoms with Crippen LogP contribution in [-0.2, 0) is 61.3 Å². The molecule has 2 unspecified atom stereocenters. The Morgan fingerprint density at radius 2 is 1.84 bits per heavy atom. The number of likely N-dealkylation sites (tertiary alicyclic amines) is 1. The van der Waals surface area contributed by atoms with E-state index >= 15 is 0 Å². The monoisotopic (exact) mass is 818 g/mol. The molecule has 1 aromatic carbocycles. The van der Waals surface area contributed by atoms with Gasteiger partial charge in [-0.15, -0.1) is 6.58 Å². The third-order valence-electron chi connectivity index (χ3n) is 10.4. The number of hydrogen-bond donors (Lipinski definition) is 4. The summed E-state index contributed by atoms with van der Waals surface area (Å²) in [6.07, 6.45) is -1.97. The Morgan fingerprint density at radius 3 is 2.46 bits per heavy atom. The number of sulfonamides is 1. The maximum Gasteiger partial charge on any atom is 0.410 e. The summed E-state index contributed by atoms with van der Waals surface area (Å²) < 4.78 is 58.0. The van der Waals surface area contributed by atoms with Gasteiger partial charge in [0.2, 0.25) is 21.8 Å². The van der Waals surface area contributed by atoms with Crippen LogP contribution >= 0.6 is 0 Å². The fraction of sp³-hybridized carbons (Fsp3) is 0.595. The Morgan fingerprint density at radius 1 is 1.11 bits per heavy atom. The van der Waals surface area contributed by atoms with Crippen LogP contribution in [0.2, 0.25) is 0 Å². The van der Waals surface area contributed by atoms with E-state index in [1.54, 1.807) is 26.8 Å². The molecule has 6 rings (SSSR count). The molecule has 6 atom stereocenters. The molecule has 2 aliphatic carbocycles. The van der Waals surface area contributed by atoms with Crippen molar-refractivity contribution in [2.45, 2.75) is 119 Å². The van der Waals surface area contributed by atoms with Gasteiger partial charge in [-0.2, -0.15) is 0 Å². The molecule has 2 saturated carbocycles. The second-order valence-electron chi connectivity index (χ2n) is 16.0. The number of carbonyl (C=O) groups is 7. The standard InChI is InChI=1S/C37H47FN6O12S/c1-5-21-16-37(21,33(49)42-57(52,53)23-9-10-23)41-30(46)27-15-22(54-35(51)43-17-20-7-6-8-25(38)24(20)19-43)18-44(27)32(48)26(40-34(50)56-36(2,3)4)13-14-39-31(47)28-11-12-29(45)55-28/h5-8,21-23,26-28H,1,9-19H2,2-4H3,(H,39,47)(H,40,50)(H,41,46)(H,42,49)/t21?,22?,26-,27-,28-,37+/m0/s1. The molecule has 5 aliphatic rings. The number of cyclic esters (lactones) is 1. The predicted molar refractivity (Wildman–Crippen MR) is 195 cm³/mol. The Hall–Kier alpha value is -5.27. The van der Waals surface area contributed by atoms with Crippen molar-refractivity contribution in [1.82, 2.24) is 30.5 Å². The summed E-state index contributed by atoms with van der Waals surface area (Å²) in [7, 11) is -3.99. The van der Waals surface area contributed by atoms with Crippen molar-refractivity contribution >= 4 is 51.8 Å². The number of nitrogens with one attached hydrogen (secondary N) is 4. The molecule has 1 aromatic rings. The number of fused-ring (bicyclic) bond motifs is 1. The zero-order chi connectivity index (χ0) is 41.4. The van der Waals surface area contributed by atoms with Crippen LogP contribution in [0.15, 0.2) is 30.9 Å². The smallest absolute Gasteiger partial charge is 0.410 e. The van der Waals surface area contributed by atoms with Crippen LogP contribution < -0.4 is 20.7 Å². The highest BCUT2D eigenvalue weighted by Crippen LogP contribution is 2.45. The highest BCUT2D eigenvalue weighted by molar-refractivity contribution is 7.91. The molecule has 6 amide bonds. The molecular formula is C37H47FN6O12S. The maximum absolute atomic E-state index is 14.5.